The zero-order valence-corrected chi connectivity index (χ0v) is 11.6. The van der Waals surface area contributed by atoms with E-state index in [0.29, 0.717) is 6.04 Å². The van der Waals surface area contributed by atoms with E-state index in [0.717, 1.165) is 25.5 Å². The fourth-order valence-electron chi connectivity index (χ4n) is 2.39. The third-order valence-corrected chi connectivity index (χ3v) is 3.67. The second-order valence-corrected chi connectivity index (χ2v) is 5.38. The molecule has 1 unspecified atom stereocenters. The second kappa shape index (κ2) is 6.91. The van der Waals surface area contributed by atoms with Gasteiger partial charge in [0.05, 0.1) is 0 Å². The first-order valence-corrected chi connectivity index (χ1v) is 7.10. The number of benzene rings is 1. The average Bonchev–Trinajstić information content (AvgIpc) is 3.20. The Balaban J connectivity index is 1.82. The maximum atomic E-state index is 5.08. The van der Waals surface area contributed by atoms with Crippen molar-refractivity contribution in [3.63, 3.8) is 0 Å². The molecule has 1 atom stereocenters. The van der Waals surface area contributed by atoms with E-state index in [9.17, 15) is 0 Å². The van der Waals surface area contributed by atoms with Crippen LogP contribution >= 0.6 is 0 Å². The molecular formula is C16H25NO. The summed E-state index contributed by atoms with van der Waals surface area (Å²) in [6.45, 7) is 4.12. The Hall–Kier alpha value is -0.860. The number of rotatable bonds is 8. The summed E-state index contributed by atoms with van der Waals surface area (Å²) < 4.78 is 5.08. The summed E-state index contributed by atoms with van der Waals surface area (Å²) in [4.78, 5) is 0. The van der Waals surface area contributed by atoms with Crippen LogP contribution in [0.25, 0.3) is 0 Å². The fraction of sp³-hybridized carbons (Fsp3) is 0.625. The Bertz CT molecular complexity index is 343. The third-order valence-electron chi connectivity index (χ3n) is 3.67. The summed E-state index contributed by atoms with van der Waals surface area (Å²) in [6, 6.07) is 9.56. The summed E-state index contributed by atoms with van der Waals surface area (Å²) in [6.07, 6.45) is 5.10. The van der Waals surface area contributed by atoms with E-state index in [1.165, 1.54) is 30.4 Å². The van der Waals surface area contributed by atoms with Gasteiger partial charge in [0.15, 0.2) is 0 Å². The summed E-state index contributed by atoms with van der Waals surface area (Å²) in [5.41, 5.74) is 2.79. The zero-order valence-electron chi connectivity index (χ0n) is 11.6. The minimum absolute atomic E-state index is 0.563. The summed E-state index contributed by atoms with van der Waals surface area (Å²) in [5, 5.41) is 3.72. The van der Waals surface area contributed by atoms with Crippen molar-refractivity contribution in [2.45, 2.75) is 38.6 Å². The number of nitrogens with one attached hydrogen (secondary N) is 1. The topological polar surface area (TPSA) is 21.3 Å². The van der Waals surface area contributed by atoms with Crippen molar-refractivity contribution in [1.29, 1.82) is 0 Å². The van der Waals surface area contributed by atoms with Crippen LogP contribution in [0.3, 0.4) is 0 Å². The molecule has 1 aliphatic rings. The van der Waals surface area contributed by atoms with Crippen molar-refractivity contribution in [1.82, 2.24) is 5.32 Å². The predicted molar refractivity (Wildman–Crippen MR) is 75.8 cm³/mol. The Morgan fingerprint density at radius 3 is 2.56 bits per heavy atom. The number of unbranched alkanes of at least 4 members (excludes halogenated alkanes) is 1. The van der Waals surface area contributed by atoms with Gasteiger partial charge in [0.2, 0.25) is 0 Å². The smallest absolute Gasteiger partial charge is 0.0462 e. The van der Waals surface area contributed by atoms with Crippen LogP contribution in [0, 0.1) is 12.8 Å². The van der Waals surface area contributed by atoms with Crippen molar-refractivity contribution in [3.05, 3.63) is 35.4 Å². The summed E-state index contributed by atoms with van der Waals surface area (Å²) in [5.74, 6) is 0.857. The first kappa shape index (κ1) is 13.6. The van der Waals surface area contributed by atoms with E-state index in [2.05, 4.69) is 36.5 Å². The molecule has 2 rings (SSSR count). The summed E-state index contributed by atoms with van der Waals surface area (Å²) in [7, 11) is 1.77. The second-order valence-electron chi connectivity index (χ2n) is 5.38. The predicted octanol–water partition coefficient (Wildman–Crippen LogP) is 3.46. The highest BCUT2D eigenvalue weighted by Gasteiger charge is 2.31. The summed E-state index contributed by atoms with van der Waals surface area (Å²) >= 11 is 0. The third kappa shape index (κ3) is 4.11. The lowest BCUT2D eigenvalue weighted by atomic mass is 10.0. The van der Waals surface area contributed by atoms with Crippen molar-refractivity contribution >= 4 is 0 Å². The van der Waals surface area contributed by atoms with Crippen LogP contribution in [0.1, 0.15) is 42.9 Å². The molecule has 0 radical (unpaired) electrons. The minimum Gasteiger partial charge on any atom is -0.385 e. The van der Waals surface area contributed by atoms with Gasteiger partial charge in [0, 0.05) is 19.8 Å². The molecule has 1 aromatic carbocycles. The van der Waals surface area contributed by atoms with Crippen molar-refractivity contribution < 1.29 is 4.74 Å². The largest absolute Gasteiger partial charge is 0.385 e. The monoisotopic (exact) mass is 247 g/mol. The average molecular weight is 247 g/mol. The van der Waals surface area contributed by atoms with Gasteiger partial charge in [-0.1, -0.05) is 29.8 Å². The van der Waals surface area contributed by atoms with E-state index in [-0.39, 0.29) is 0 Å². The van der Waals surface area contributed by atoms with E-state index in [1.54, 1.807) is 7.11 Å². The van der Waals surface area contributed by atoms with Crippen molar-refractivity contribution in [2.75, 3.05) is 20.3 Å². The Morgan fingerprint density at radius 2 is 1.94 bits per heavy atom. The Morgan fingerprint density at radius 1 is 1.22 bits per heavy atom. The highest BCUT2D eigenvalue weighted by molar-refractivity contribution is 5.25. The van der Waals surface area contributed by atoms with E-state index in [1.807, 2.05) is 0 Å². The normalized spacial score (nSPS) is 16.8. The van der Waals surface area contributed by atoms with Crippen LogP contribution in [0.5, 0.6) is 0 Å². The molecule has 0 amide bonds. The van der Waals surface area contributed by atoms with Crippen LogP contribution in [-0.4, -0.2) is 20.3 Å². The maximum Gasteiger partial charge on any atom is 0.0462 e. The molecule has 0 saturated heterocycles. The van der Waals surface area contributed by atoms with Gasteiger partial charge in [-0.05, 0) is 50.6 Å². The molecule has 1 fully saturated rings. The van der Waals surface area contributed by atoms with Gasteiger partial charge in [-0.15, -0.1) is 0 Å². The molecule has 100 valence electrons. The standard InChI is InChI=1S/C16H25NO/c1-13-5-7-14(8-6-13)16(15-9-10-15)17-11-3-4-12-18-2/h5-8,15-17H,3-4,9-12H2,1-2H3. The molecule has 2 heteroatoms. The molecule has 0 heterocycles. The van der Waals surface area contributed by atoms with Gasteiger partial charge in [-0.25, -0.2) is 0 Å². The highest BCUT2D eigenvalue weighted by Crippen LogP contribution is 2.40. The maximum absolute atomic E-state index is 5.08. The van der Waals surface area contributed by atoms with Crippen LogP contribution < -0.4 is 5.32 Å². The highest BCUT2D eigenvalue weighted by atomic mass is 16.5. The van der Waals surface area contributed by atoms with Gasteiger partial charge in [0.25, 0.3) is 0 Å². The van der Waals surface area contributed by atoms with Crippen LogP contribution in [0.2, 0.25) is 0 Å². The molecule has 0 aliphatic heterocycles. The molecule has 0 spiro atoms. The number of ether oxygens (including phenoxy) is 1. The number of aryl methyl sites for hydroxylation is 1. The van der Waals surface area contributed by atoms with Gasteiger partial charge in [-0.3, -0.25) is 0 Å². The lowest BCUT2D eigenvalue weighted by molar-refractivity contribution is 0.192. The van der Waals surface area contributed by atoms with E-state index >= 15 is 0 Å². The molecule has 18 heavy (non-hydrogen) atoms. The molecule has 1 saturated carbocycles. The van der Waals surface area contributed by atoms with Gasteiger partial charge in [0.1, 0.15) is 0 Å². The first-order chi connectivity index (χ1) is 8.81. The number of hydrogen-bond donors (Lipinski definition) is 1. The molecule has 1 aromatic rings. The van der Waals surface area contributed by atoms with Crippen LogP contribution in [0.4, 0.5) is 0 Å². The van der Waals surface area contributed by atoms with Crippen LogP contribution in [0.15, 0.2) is 24.3 Å². The zero-order chi connectivity index (χ0) is 12.8. The molecule has 1 aliphatic carbocycles. The quantitative estimate of drug-likeness (QED) is 0.710. The Labute approximate surface area is 111 Å². The first-order valence-electron chi connectivity index (χ1n) is 7.10. The van der Waals surface area contributed by atoms with E-state index in [4.69, 9.17) is 4.74 Å². The minimum atomic E-state index is 0.563. The molecule has 2 nitrogen and oxygen atoms in total. The Kier molecular flexibility index (Phi) is 5.21. The van der Waals surface area contributed by atoms with Gasteiger partial charge in [-0.2, -0.15) is 0 Å². The molecular weight excluding hydrogens is 222 g/mol. The van der Waals surface area contributed by atoms with Gasteiger partial charge < -0.3 is 10.1 Å². The van der Waals surface area contributed by atoms with E-state index < -0.39 is 0 Å². The number of hydrogen-bond acceptors (Lipinski definition) is 2. The molecule has 0 aromatic heterocycles. The molecule has 0 bridgehead atoms. The lowest BCUT2D eigenvalue weighted by Gasteiger charge is -2.19. The van der Waals surface area contributed by atoms with Gasteiger partial charge >= 0.3 is 0 Å². The SMILES string of the molecule is COCCCCNC(c1ccc(C)cc1)C1CC1. The van der Waals surface area contributed by atoms with Crippen molar-refractivity contribution in [2.24, 2.45) is 5.92 Å². The lowest BCUT2D eigenvalue weighted by Crippen LogP contribution is -2.24. The molecule has 1 N–H and O–H groups in total. The van der Waals surface area contributed by atoms with Crippen molar-refractivity contribution in [3.8, 4) is 0 Å². The number of methoxy groups -OCH3 is 1. The fourth-order valence-corrected chi connectivity index (χ4v) is 2.39. The van der Waals surface area contributed by atoms with Crippen LogP contribution in [-0.2, 0) is 4.74 Å².